The molecule has 0 fully saturated rings. The summed E-state index contributed by atoms with van der Waals surface area (Å²) in [6.07, 6.45) is 0. The number of anilines is 1. The number of hydrogen-bond donors (Lipinski definition) is 0. The number of carbonyl (C=O) groups excluding carboxylic acids is 1. The molecule has 0 spiro atoms. The number of aryl methyl sites for hydroxylation is 2. The Bertz CT molecular complexity index is 432. The summed E-state index contributed by atoms with van der Waals surface area (Å²) in [6.45, 7) is 12.2. The van der Waals surface area contributed by atoms with Crippen molar-refractivity contribution in [1.82, 2.24) is 0 Å². The molecule has 0 unspecified atom stereocenters. The third-order valence-corrected chi connectivity index (χ3v) is 2.72. The smallest absolute Gasteiger partial charge is 0.257 e. The Hall–Kier alpha value is -1.61. The number of nitrogens with zero attached hydrogens (tertiary/aromatic N) is 1. The molecule has 1 aromatic rings. The average Bonchev–Trinajstić information content (AvgIpc) is 2.30. The first kappa shape index (κ1) is 14.5. The monoisotopic (exact) mass is 247 g/mol. The minimum atomic E-state index is -0.0817. The van der Waals surface area contributed by atoms with Crippen molar-refractivity contribution in [2.45, 2.75) is 27.7 Å². The van der Waals surface area contributed by atoms with E-state index in [0.29, 0.717) is 12.3 Å². The van der Waals surface area contributed by atoms with E-state index in [4.69, 9.17) is 4.74 Å². The molecule has 0 atom stereocenters. The molecule has 0 bridgehead atoms. The number of benzene rings is 1. The van der Waals surface area contributed by atoms with Crippen molar-refractivity contribution in [1.29, 1.82) is 0 Å². The second-order valence-electron chi connectivity index (χ2n) is 4.34. The van der Waals surface area contributed by atoms with Gasteiger partial charge >= 0.3 is 0 Å². The Kier molecular flexibility index (Phi) is 5.10. The number of rotatable bonds is 5. The number of ether oxygens (including phenoxy) is 1. The van der Waals surface area contributed by atoms with Crippen molar-refractivity contribution in [3.05, 3.63) is 41.6 Å². The predicted octanol–water partition coefficient (Wildman–Crippen LogP) is 3.21. The van der Waals surface area contributed by atoms with Crippen LogP contribution in [0.1, 0.15) is 25.0 Å². The first-order chi connectivity index (χ1) is 8.49. The van der Waals surface area contributed by atoms with E-state index in [1.165, 1.54) is 0 Å². The summed E-state index contributed by atoms with van der Waals surface area (Å²) in [5.74, 6) is -0.0817. The van der Waals surface area contributed by atoms with Crippen LogP contribution in [-0.2, 0) is 9.53 Å². The van der Waals surface area contributed by atoms with Gasteiger partial charge in [-0.25, -0.2) is 0 Å². The van der Waals surface area contributed by atoms with Gasteiger partial charge in [0.15, 0.2) is 0 Å². The summed E-state index contributed by atoms with van der Waals surface area (Å²) in [6, 6.07) is 5.97. The Labute approximate surface area is 109 Å². The highest BCUT2D eigenvalue weighted by molar-refractivity contribution is 5.98. The fourth-order valence-electron chi connectivity index (χ4n) is 1.94. The van der Waals surface area contributed by atoms with Crippen molar-refractivity contribution in [3.63, 3.8) is 0 Å². The SMILES string of the molecule is C=C(C)N(C(=O)COCC)c1c(C)cccc1C. The van der Waals surface area contributed by atoms with Gasteiger partial charge in [0.1, 0.15) is 6.61 Å². The summed E-state index contributed by atoms with van der Waals surface area (Å²) in [5.41, 5.74) is 3.73. The Morgan fingerprint density at radius 1 is 1.33 bits per heavy atom. The van der Waals surface area contributed by atoms with E-state index in [1.807, 2.05) is 45.9 Å². The molecule has 0 radical (unpaired) electrons. The van der Waals surface area contributed by atoms with Gasteiger partial charge in [-0.15, -0.1) is 0 Å². The lowest BCUT2D eigenvalue weighted by atomic mass is 10.1. The van der Waals surface area contributed by atoms with Gasteiger partial charge in [-0.1, -0.05) is 24.8 Å². The minimum absolute atomic E-state index is 0.0805. The highest BCUT2D eigenvalue weighted by atomic mass is 16.5. The molecule has 0 N–H and O–H groups in total. The topological polar surface area (TPSA) is 29.5 Å². The third kappa shape index (κ3) is 3.20. The summed E-state index contributed by atoms with van der Waals surface area (Å²) in [5, 5.41) is 0. The van der Waals surface area contributed by atoms with Gasteiger partial charge in [-0.3, -0.25) is 9.69 Å². The fourth-order valence-corrected chi connectivity index (χ4v) is 1.94. The normalized spacial score (nSPS) is 10.2. The fraction of sp³-hybridized carbons (Fsp3) is 0.400. The van der Waals surface area contributed by atoms with Gasteiger partial charge in [-0.2, -0.15) is 0 Å². The maximum Gasteiger partial charge on any atom is 0.257 e. The lowest BCUT2D eigenvalue weighted by Crippen LogP contribution is -2.33. The minimum Gasteiger partial charge on any atom is -0.372 e. The predicted molar refractivity (Wildman–Crippen MR) is 74.7 cm³/mol. The first-order valence-corrected chi connectivity index (χ1v) is 6.11. The van der Waals surface area contributed by atoms with E-state index in [1.54, 1.807) is 4.90 Å². The van der Waals surface area contributed by atoms with Crippen LogP contribution in [0.3, 0.4) is 0 Å². The number of amides is 1. The van der Waals surface area contributed by atoms with Crippen LogP contribution < -0.4 is 4.90 Å². The first-order valence-electron chi connectivity index (χ1n) is 6.11. The maximum absolute atomic E-state index is 12.2. The van der Waals surface area contributed by atoms with Crippen molar-refractivity contribution >= 4 is 11.6 Å². The van der Waals surface area contributed by atoms with Gasteiger partial charge < -0.3 is 4.74 Å². The van der Waals surface area contributed by atoms with E-state index >= 15 is 0 Å². The largest absolute Gasteiger partial charge is 0.372 e. The van der Waals surface area contributed by atoms with Crippen LogP contribution in [0.15, 0.2) is 30.5 Å². The molecule has 3 nitrogen and oxygen atoms in total. The molecule has 0 saturated carbocycles. The quantitative estimate of drug-likeness (QED) is 0.799. The van der Waals surface area contributed by atoms with E-state index < -0.39 is 0 Å². The molecule has 1 aromatic carbocycles. The van der Waals surface area contributed by atoms with Crippen LogP contribution >= 0.6 is 0 Å². The van der Waals surface area contributed by atoms with Gasteiger partial charge in [0.05, 0.1) is 5.69 Å². The molecule has 0 saturated heterocycles. The van der Waals surface area contributed by atoms with E-state index in [-0.39, 0.29) is 12.5 Å². The molecule has 0 aliphatic heterocycles. The molecule has 0 aromatic heterocycles. The standard InChI is InChI=1S/C15H21NO2/c1-6-18-10-14(17)16(11(2)3)15-12(4)8-7-9-13(15)5/h7-9H,2,6,10H2,1,3-5H3. The molecule has 18 heavy (non-hydrogen) atoms. The average molecular weight is 247 g/mol. The molecular formula is C15H21NO2. The van der Waals surface area contributed by atoms with E-state index in [9.17, 15) is 4.79 Å². The van der Waals surface area contributed by atoms with Crippen molar-refractivity contribution in [2.75, 3.05) is 18.1 Å². The lowest BCUT2D eigenvalue weighted by Gasteiger charge is -2.26. The van der Waals surface area contributed by atoms with Crippen molar-refractivity contribution < 1.29 is 9.53 Å². The van der Waals surface area contributed by atoms with Crippen molar-refractivity contribution in [3.8, 4) is 0 Å². The number of carbonyl (C=O) groups is 1. The van der Waals surface area contributed by atoms with Crippen LogP contribution in [0, 0.1) is 13.8 Å². The summed E-state index contributed by atoms with van der Waals surface area (Å²) in [7, 11) is 0. The maximum atomic E-state index is 12.2. The van der Waals surface area contributed by atoms with Gasteiger partial charge in [0.25, 0.3) is 5.91 Å². The number of allylic oxidation sites excluding steroid dienone is 1. The number of hydrogen-bond acceptors (Lipinski definition) is 2. The zero-order valence-electron chi connectivity index (χ0n) is 11.6. The zero-order chi connectivity index (χ0) is 13.7. The number of para-hydroxylation sites is 1. The molecule has 0 heterocycles. The highest BCUT2D eigenvalue weighted by Gasteiger charge is 2.19. The summed E-state index contributed by atoms with van der Waals surface area (Å²) < 4.78 is 5.20. The Balaban J connectivity index is 3.13. The molecule has 3 heteroatoms. The van der Waals surface area contributed by atoms with Gasteiger partial charge in [-0.05, 0) is 38.8 Å². The van der Waals surface area contributed by atoms with E-state index in [2.05, 4.69) is 6.58 Å². The van der Waals surface area contributed by atoms with Gasteiger partial charge in [0, 0.05) is 12.3 Å². The summed E-state index contributed by atoms with van der Waals surface area (Å²) >= 11 is 0. The second kappa shape index (κ2) is 6.36. The zero-order valence-corrected chi connectivity index (χ0v) is 11.6. The molecule has 0 aliphatic carbocycles. The molecule has 98 valence electrons. The Morgan fingerprint density at radius 3 is 2.33 bits per heavy atom. The summed E-state index contributed by atoms with van der Waals surface area (Å²) in [4.78, 5) is 13.8. The third-order valence-electron chi connectivity index (χ3n) is 2.72. The highest BCUT2D eigenvalue weighted by Crippen LogP contribution is 2.27. The van der Waals surface area contributed by atoms with Crippen LogP contribution in [0.4, 0.5) is 5.69 Å². The van der Waals surface area contributed by atoms with Crippen LogP contribution in [0.25, 0.3) is 0 Å². The molecule has 0 aliphatic rings. The van der Waals surface area contributed by atoms with Crippen LogP contribution in [0.2, 0.25) is 0 Å². The molecule has 1 amide bonds. The lowest BCUT2D eigenvalue weighted by molar-refractivity contribution is -0.122. The second-order valence-corrected chi connectivity index (χ2v) is 4.34. The van der Waals surface area contributed by atoms with Crippen LogP contribution in [0.5, 0.6) is 0 Å². The molecular weight excluding hydrogens is 226 g/mol. The van der Waals surface area contributed by atoms with E-state index in [0.717, 1.165) is 16.8 Å². The Morgan fingerprint density at radius 2 is 1.89 bits per heavy atom. The molecule has 1 rings (SSSR count). The van der Waals surface area contributed by atoms with Crippen molar-refractivity contribution in [2.24, 2.45) is 0 Å². The van der Waals surface area contributed by atoms with Crippen LogP contribution in [-0.4, -0.2) is 19.1 Å². The van der Waals surface area contributed by atoms with Gasteiger partial charge in [0.2, 0.25) is 0 Å².